The zero-order valence-corrected chi connectivity index (χ0v) is 9.19. The van der Waals surface area contributed by atoms with E-state index in [0.717, 1.165) is 0 Å². The summed E-state index contributed by atoms with van der Waals surface area (Å²) in [6.07, 6.45) is 0. The fourth-order valence-corrected chi connectivity index (χ4v) is 1.33. The molecule has 0 N–H and O–H groups in total. The van der Waals surface area contributed by atoms with Gasteiger partial charge in [0.05, 0.1) is 23.8 Å². The van der Waals surface area contributed by atoms with E-state index in [1.165, 1.54) is 25.3 Å². The summed E-state index contributed by atoms with van der Waals surface area (Å²) in [4.78, 5) is 33.4. The second-order valence-electron chi connectivity index (χ2n) is 2.93. The average Bonchev–Trinajstić information content (AvgIpc) is 2.66. The van der Waals surface area contributed by atoms with Crippen LogP contribution in [0.3, 0.4) is 0 Å². The number of hydrogen-bond donors (Lipinski definition) is 0. The van der Waals surface area contributed by atoms with Gasteiger partial charge in [-0.05, 0) is 18.2 Å². The molecule has 88 valence electrons. The molecular formula is C12H10O5. The number of ether oxygens (including phenoxy) is 2. The van der Waals surface area contributed by atoms with Crippen molar-refractivity contribution in [3.63, 3.8) is 0 Å². The maximum absolute atomic E-state index is 11.1. The van der Waals surface area contributed by atoms with Crippen LogP contribution < -0.4 is 0 Å². The Hall–Kier alpha value is -2.43. The summed E-state index contributed by atoms with van der Waals surface area (Å²) in [5, 5.41) is 0. The monoisotopic (exact) mass is 234 g/mol. The van der Waals surface area contributed by atoms with E-state index in [9.17, 15) is 14.4 Å². The van der Waals surface area contributed by atoms with Crippen LogP contribution >= 0.6 is 0 Å². The first-order valence-corrected chi connectivity index (χ1v) is 4.62. The molecular weight excluding hydrogens is 224 g/mol. The SMILES string of the molecule is C=C.COC(=O)c1ccc2c(c1)C(=O)OC2=O. The third-order valence-electron chi connectivity index (χ3n) is 2.07. The van der Waals surface area contributed by atoms with Crippen molar-refractivity contribution in [3.8, 4) is 0 Å². The van der Waals surface area contributed by atoms with Gasteiger partial charge in [0, 0.05) is 0 Å². The Morgan fingerprint density at radius 1 is 1.18 bits per heavy atom. The van der Waals surface area contributed by atoms with E-state index >= 15 is 0 Å². The summed E-state index contributed by atoms with van der Waals surface area (Å²) in [7, 11) is 1.24. The van der Waals surface area contributed by atoms with Crippen LogP contribution in [-0.4, -0.2) is 25.0 Å². The molecule has 0 aliphatic carbocycles. The lowest BCUT2D eigenvalue weighted by Crippen LogP contribution is -2.03. The summed E-state index contributed by atoms with van der Waals surface area (Å²) in [6, 6.07) is 4.06. The van der Waals surface area contributed by atoms with Gasteiger partial charge in [-0.15, -0.1) is 13.2 Å². The maximum Gasteiger partial charge on any atom is 0.346 e. The number of carbonyl (C=O) groups excluding carboxylic acids is 3. The molecule has 0 saturated carbocycles. The molecule has 0 fully saturated rings. The highest BCUT2D eigenvalue weighted by atomic mass is 16.6. The minimum atomic E-state index is -0.735. The quantitative estimate of drug-likeness (QED) is 0.419. The lowest BCUT2D eigenvalue weighted by atomic mass is 10.1. The van der Waals surface area contributed by atoms with Crippen molar-refractivity contribution >= 4 is 17.9 Å². The Balaban J connectivity index is 0.000000686. The van der Waals surface area contributed by atoms with Gasteiger partial charge in [-0.1, -0.05) is 0 Å². The first-order chi connectivity index (χ1) is 8.13. The highest BCUT2D eigenvalue weighted by Crippen LogP contribution is 2.21. The van der Waals surface area contributed by atoms with Crippen LogP contribution in [0.2, 0.25) is 0 Å². The van der Waals surface area contributed by atoms with Crippen molar-refractivity contribution in [2.45, 2.75) is 0 Å². The van der Waals surface area contributed by atoms with E-state index in [-0.39, 0.29) is 16.7 Å². The van der Waals surface area contributed by atoms with Crippen LogP contribution in [0.5, 0.6) is 0 Å². The van der Waals surface area contributed by atoms with E-state index in [1.807, 2.05) is 0 Å². The number of methoxy groups -OCH3 is 1. The maximum atomic E-state index is 11.1. The zero-order chi connectivity index (χ0) is 13.0. The minimum Gasteiger partial charge on any atom is -0.465 e. The Morgan fingerprint density at radius 2 is 1.76 bits per heavy atom. The van der Waals surface area contributed by atoms with Gasteiger partial charge < -0.3 is 9.47 Å². The summed E-state index contributed by atoms with van der Waals surface area (Å²) in [5.41, 5.74) is 0.485. The second kappa shape index (κ2) is 5.07. The first-order valence-electron chi connectivity index (χ1n) is 4.62. The number of carbonyl (C=O) groups is 3. The van der Waals surface area contributed by atoms with E-state index in [4.69, 9.17) is 0 Å². The van der Waals surface area contributed by atoms with Crippen LogP contribution in [0.15, 0.2) is 31.4 Å². The van der Waals surface area contributed by atoms with Crippen LogP contribution in [-0.2, 0) is 9.47 Å². The van der Waals surface area contributed by atoms with E-state index in [2.05, 4.69) is 22.6 Å². The molecule has 5 nitrogen and oxygen atoms in total. The Bertz CT molecular complexity index is 490. The minimum absolute atomic E-state index is 0.0999. The second-order valence-corrected chi connectivity index (χ2v) is 2.93. The van der Waals surface area contributed by atoms with Gasteiger partial charge in [-0.3, -0.25) is 0 Å². The Morgan fingerprint density at radius 3 is 2.35 bits per heavy atom. The smallest absolute Gasteiger partial charge is 0.346 e. The summed E-state index contributed by atoms with van der Waals surface area (Å²) >= 11 is 0. The van der Waals surface area contributed by atoms with Crippen molar-refractivity contribution in [3.05, 3.63) is 48.0 Å². The standard InChI is InChI=1S/C10H6O5.C2H4/c1-14-8(11)5-2-3-6-7(4-5)10(13)15-9(6)12;1-2/h2-4H,1H3;1-2H2. The molecule has 1 aromatic rings. The summed E-state index contributed by atoms with van der Waals surface area (Å²) in [5.74, 6) is -1.99. The molecule has 0 amide bonds. The number of esters is 3. The summed E-state index contributed by atoms with van der Waals surface area (Å²) in [6.45, 7) is 6.00. The Kier molecular flexibility index (Phi) is 3.77. The molecule has 1 aliphatic heterocycles. The molecule has 0 bridgehead atoms. The van der Waals surface area contributed by atoms with Crippen molar-refractivity contribution in [2.24, 2.45) is 0 Å². The van der Waals surface area contributed by atoms with Crippen LogP contribution in [0.1, 0.15) is 31.1 Å². The number of rotatable bonds is 1. The van der Waals surface area contributed by atoms with Crippen LogP contribution in [0, 0.1) is 0 Å². The van der Waals surface area contributed by atoms with Gasteiger partial charge in [0.15, 0.2) is 0 Å². The summed E-state index contributed by atoms with van der Waals surface area (Å²) < 4.78 is 8.85. The van der Waals surface area contributed by atoms with E-state index < -0.39 is 17.9 Å². The number of hydrogen-bond acceptors (Lipinski definition) is 5. The molecule has 17 heavy (non-hydrogen) atoms. The predicted octanol–water partition coefficient (Wildman–Crippen LogP) is 1.59. The van der Waals surface area contributed by atoms with Crippen molar-refractivity contribution < 1.29 is 23.9 Å². The molecule has 0 atom stereocenters. The normalized spacial score (nSPS) is 12.1. The third kappa shape index (κ3) is 2.23. The lowest BCUT2D eigenvalue weighted by molar-refractivity contribution is 0.0443. The largest absolute Gasteiger partial charge is 0.465 e. The fourth-order valence-electron chi connectivity index (χ4n) is 1.33. The number of benzene rings is 1. The van der Waals surface area contributed by atoms with Gasteiger partial charge in [-0.2, -0.15) is 0 Å². The van der Waals surface area contributed by atoms with Crippen molar-refractivity contribution in [1.82, 2.24) is 0 Å². The van der Waals surface area contributed by atoms with Gasteiger partial charge in [0.1, 0.15) is 0 Å². The molecule has 0 unspecified atom stereocenters. The third-order valence-corrected chi connectivity index (χ3v) is 2.07. The molecule has 0 aromatic heterocycles. The van der Waals surface area contributed by atoms with Crippen LogP contribution in [0.4, 0.5) is 0 Å². The number of fused-ring (bicyclic) bond motifs is 1. The van der Waals surface area contributed by atoms with Crippen LogP contribution in [0.25, 0.3) is 0 Å². The molecule has 1 aromatic carbocycles. The van der Waals surface area contributed by atoms with Crippen molar-refractivity contribution in [1.29, 1.82) is 0 Å². The highest BCUT2D eigenvalue weighted by molar-refractivity contribution is 6.15. The molecule has 0 radical (unpaired) electrons. The predicted molar refractivity (Wildman–Crippen MR) is 58.8 cm³/mol. The molecule has 1 heterocycles. The van der Waals surface area contributed by atoms with Gasteiger partial charge >= 0.3 is 17.9 Å². The topological polar surface area (TPSA) is 69.7 Å². The first kappa shape index (κ1) is 12.6. The number of cyclic esters (lactones) is 2. The molecule has 0 saturated heterocycles. The fraction of sp³-hybridized carbons (Fsp3) is 0.0833. The van der Waals surface area contributed by atoms with Crippen molar-refractivity contribution in [2.75, 3.05) is 7.11 Å². The van der Waals surface area contributed by atoms with Gasteiger partial charge in [0.2, 0.25) is 0 Å². The molecule has 2 rings (SSSR count). The Labute approximate surface area is 97.6 Å². The van der Waals surface area contributed by atoms with E-state index in [0.29, 0.717) is 0 Å². The lowest BCUT2D eigenvalue weighted by Gasteiger charge is -1.99. The van der Waals surface area contributed by atoms with E-state index in [1.54, 1.807) is 0 Å². The van der Waals surface area contributed by atoms with Gasteiger partial charge in [-0.25, -0.2) is 14.4 Å². The van der Waals surface area contributed by atoms with Gasteiger partial charge in [0.25, 0.3) is 0 Å². The molecule has 1 aliphatic rings. The average molecular weight is 234 g/mol. The molecule has 0 spiro atoms. The highest BCUT2D eigenvalue weighted by Gasteiger charge is 2.30. The zero-order valence-electron chi connectivity index (χ0n) is 9.19. The molecule has 5 heteroatoms.